The summed E-state index contributed by atoms with van der Waals surface area (Å²) >= 11 is 5.84. The Kier molecular flexibility index (Phi) is 3.01. The highest BCUT2D eigenvalue weighted by molar-refractivity contribution is 6.28. The molecular weight excluding hydrogens is 262 g/mol. The highest BCUT2D eigenvalue weighted by Crippen LogP contribution is 2.29. The van der Waals surface area contributed by atoms with Gasteiger partial charge in [-0.2, -0.15) is 0 Å². The zero-order valence-electron chi connectivity index (χ0n) is 10.2. The smallest absolute Gasteiger partial charge is 0.223 e. The summed E-state index contributed by atoms with van der Waals surface area (Å²) in [4.78, 5) is 12.5. The van der Waals surface area contributed by atoms with Crippen molar-refractivity contribution in [2.45, 2.75) is 0 Å². The predicted molar refractivity (Wildman–Crippen MR) is 74.3 cm³/mol. The monoisotopic (exact) mass is 271 g/mol. The molecule has 0 N–H and O–H groups in total. The number of aromatic nitrogens is 3. The Balaban J connectivity index is 2.21. The first-order valence-electron chi connectivity index (χ1n) is 5.69. The Bertz CT molecular complexity index is 746. The highest BCUT2D eigenvalue weighted by atomic mass is 35.5. The first kappa shape index (κ1) is 11.9. The van der Waals surface area contributed by atoms with Gasteiger partial charge in [-0.25, -0.2) is 9.97 Å². The molecule has 0 radical (unpaired) electrons. The molecule has 0 aliphatic rings. The second kappa shape index (κ2) is 4.82. The van der Waals surface area contributed by atoms with Crippen molar-refractivity contribution in [3.8, 4) is 17.0 Å². The van der Waals surface area contributed by atoms with Gasteiger partial charge in [0.2, 0.25) is 5.28 Å². The van der Waals surface area contributed by atoms with Crippen LogP contribution in [-0.2, 0) is 0 Å². The molecule has 3 rings (SSSR count). The van der Waals surface area contributed by atoms with Crippen molar-refractivity contribution in [1.29, 1.82) is 0 Å². The molecule has 0 bridgehead atoms. The average Bonchev–Trinajstić information content (AvgIpc) is 2.46. The van der Waals surface area contributed by atoms with Crippen molar-refractivity contribution in [1.82, 2.24) is 15.0 Å². The van der Waals surface area contributed by atoms with Gasteiger partial charge in [0.15, 0.2) is 5.75 Å². The summed E-state index contributed by atoms with van der Waals surface area (Å²) in [6, 6.07) is 9.89. The number of hydrogen-bond acceptors (Lipinski definition) is 4. The number of benzene rings is 1. The molecule has 0 aliphatic heterocycles. The zero-order valence-corrected chi connectivity index (χ0v) is 10.9. The molecule has 2 heterocycles. The third-order valence-corrected chi connectivity index (χ3v) is 2.99. The van der Waals surface area contributed by atoms with Crippen LogP contribution in [-0.4, -0.2) is 22.1 Å². The lowest BCUT2D eigenvalue weighted by atomic mass is 10.1. The topological polar surface area (TPSA) is 47.9 Å². The van der Waals surface area contributed by atoms with Crippen LogP contribution in [0.15, 0.2) is 42.7 Å². The van der Waals surface area contributed by atoms with Gasteiger partial charge in [-0.1, -0.05) is 18.2 Å². The Labute approximate surface area is 115 Å². The maximum absolute atomic E-state index is 5.84. The number of rotatable bonds is 2. The Morgan fingerprint density at radius 2 is 1.95 bits per heavy atom. The van der Waals surface area contributed by atoms with Crippen molar-refractivity contribution in [2.24, 2.45) is 0 Å². The van der Waals surface area contributed by atoms with Crippen LogP contribution in [0, 0.1) is 0 Å². The van der Waals surface area contributed by atoms with Gasteiger partial charge in [0, 0.05) is 17.1 Å². The summed E-state index contributed by atoms with van der Waals surface area (Å²) in [5.41, 5.74) is 2.42. The number of hydrogen-bond donors (Lipinski definition) is 0. The van der Waals surface area contributed by atoms with Gasteiger partial charge in [0.05, 0.1) is 18.8 Å². The van der Waals surface area contributed by atoms with Crippen LogP contribution >= 0.6 is 11.6 Å². The van der Waals surface area contributed by atoms with E-state index in [0.717, 1.165) is 16.5 Å². The van der Waals surface area contributed by atoms with Crippen LogP contribution < -0.4 is 4.74 Å². The van der Waals surface area contributed by atoms with E-state index in [9.17, 15) is 0 Å². The summed E-state index contributed by atoms with van der Waals surface area (Å²) in [6.07, 6.45) is 3.31. The fourth-order valence-electron chi connectivity index (χ4n) is 1.91. The molecule has 0 spiro atoms. The number of nitrogens with zero attached hydrogens (tertiary/aromatic N) is 3. The Hall–Kier alpha value is -2.20. The molecule has 0 saturated heterocycles. The van der Waals surface area contributed by atoms with Crippen LogP contribution in [0.5, 0.6) is 5.75 Å². The number of pyridine rings is 1. The second-order valence-electron chi connectivity index (χ2n) is 3.97. The van der Waals surface area contributed by atoms with Gasteiger partial charge in [-0.3, -0.25) is 4.98 Å². The van der Waals surface area contributed by atoms with Crippen molar-refractivity contribution in [2.75, 3.05) is 7.11 Å². The molecule has 5 heteroatoms. The van der Waals surface area contributed by atoms with E-state index in [0.29, 0.717) is 11.4 Å². The standard InChI is InChI=1S/C14H10ClN3O/c1-19-12-8-17-14(15)18-13(12)10-6-9-4-2-3-5-11(9)16-7-10/h2-8H,1H3. The van der Waals surface area contributed by atoms with Crippen molar-refractivity contribution >= 4 is 22.5 Å². The summed E-state index contributed by atoms with van der Waals surface area (Å²) < 4.78 is 5.26. The molecule has 3 aromatic rings. The van der Waals surface area contributed by atoms with Crippen LogP contribution in [0.4, 0.5) is 0 Å². The SMILES string of the molecule is COc1cnc(Cl)nc1-c1cnc2ccccc2c1. The molecule has 0 unspecified atom stereocenters. The van der Waals surface area contributed by atoms with Gasteiger partial charge in [0.1, 0.15) is 5.69 Å². The number of ether oxygens (including phenoxy) is 1. The van der Waals surface area contributed by atoms with Crippen LogP contribution in [0.25, 0.3) is 22.2 Å². The average molecular weight is 272 g/mol. The van der Waals surface area contributed by atoms with Crippen LogP contribution in [0.2, 0.25) is 5.28 Å². The third kappa shape index (κ3) is 2.22. The summed E-state index contributed by atoms with van der Waals surface area (Å²) in [6.45, 7) is 0. The first-order chi connectivity index (χ1) is 9.28. The lowest BCUT2D eigenvalue weighted by Crippen LogP contribution is -1.94. The quantitative estimate of drug-likeness (QED) is 0.671. The van der Waals surface area contributed by atoms with E-state index < -0.39 is 0 Å². The van der Waals surface area contributed by atoms with Crippen molar-refractivity contribution in [3.63, 3.8) is 0 Å². The van der Waals surface area contributed by atoms with Gasteiger partial charge in [-0.05, 0) is 23.7 Å². The molecule has 94 valence electrons. The molecule has 4 nitrogen and oxygen atoms in total. The van der Waals surface area contributed by atoms with Crippen molar-refractivity contribution in [3.05, 3.63) is 48.0 Å². The van der Waals surface area contributed by atoms with E-state index in [1.54, 1.807) is 19.5 Å². The fourth-order valence-corrected chi connectivity index (χ4v) is 2.04. The maximum Gasteiger partial charge on any atom is 0.223 e. The zero-order chi connectivity index (χ0) is 13.2. The third-order valence-electron chi connectivity index (χ3n) is 2.81. The molecule has 0 saturated carbocycles. The normalized spacial score (nSPS) is 10.6. The van der Waals surface area contributed by atoms with E-state index in [1.165, 1.54) is 0 Å². The van der Waals surface area contributed by atoms with Crippen LogP contribution in [0.1, 0.15) is 0 Å². The molecule has 19 heavy (non-hydrogen) atoms. The summed E-state index contributed by atoms with van der Waals surface area (Å²) in [5, 5.41) is 1.22. The number of halogens is 1. The van der Waals surface area contributed by atoms with Gasteiger partial charge in [-0.15, -0.1) is 0 Å². The minimum Gasteiger partial charge on any atom is -0.493 e. The first-order valence-corrected chi connectivity index (χ1v) is 6.07. The molecule has 0 amide bonds. The molecule has 2 aromatic heterocycles. The Morgan fingerprint density at radius 3 is 2.79 bits per heavy atom. The molecule has 1 aromatic carbocycles. The van der Waals surface area contributed by atoms with Crippen LogP contribution in [0.3, 0.4) is 0 Å². The van der Waals surface area contributed by atoms with E-state index >= 15 is 0 Å². The summed E-state index contributed by atoms with van der Waals surface area (Å²) in [5.74, 6) is 0.571. The Morgan fingerprint density at radius 1 is 1.11 bits per heavy atom. The minimum absolute atomic E-state index is 0.184. The maximum atomic E-state index is 5.84. The number of fused-ring (bicyclic) bond motifs is 1. The lowest BCUT2D eigenvalue weighted by Gasteiger charge is -2.07. The largest absolute Gasteiger partial charge is 0.493 e. The summed E-state index contributed by atoms with van der Waals surface area (Å²) in [7, 11) is 1.57. The molecular formula is C14H10ClN3O. The van der Waals surface area contributed by atoms with Gasteiger partial charge >= 0.3 is 0 Å². The van der Waals surface area contributed by atoms with Gasteiger partial charge in [0.25, 0.3) is 0 Å². The second-order valence-corrected chi connectivity index (χ2v) is 4.31. The minimum atomic E-state index is 0.184. The molecule has 0 fully saturated rings. The fraction of sp³-hybridized carbons (Fsp3) is 0.0714. The molecule has 0 atom stereocenters. The molecule has 0 aliphatic carbocycles. The number of methoxy groups -OCH3 is 1. The van der Waals surface area contributed by atoms with E-state index in [2.05, 4.69) is 15.0 Å². The predicted octanol–water partition coefficient (Wildman–Crippen LogP) is 3.35. The lowest BCUT2D eigenvalue weighted by molar-refractivity contribution is 0.412. The van der Waals surface area contributed by atoms with Crippen molar-refractivity contribution < 1.29 is 4.74 Å². The number of para-hydroxylation sites is 1. The van der Waals surface area contributed by atoms with Gasteiger partial charge < -0.3 is 4.74 Å². The van der Waals surface area contributed by atoms with E-state index in [-0.39, 0.29) is 5.28 Å². The highest BCUT2D eigenvalue weighted by Gasteiger charge is 2.10. The van der Waals surface area contributed by atoms with E-state index in [4.69, 9.17) is 16.3 Å². The van der Waals surface area contributed by atoms with E-state index in [1.807, 2.05) is 30.3 Å².